The monoisotopic (exact) mass is 357 g/mol. The first kappa shape index (κ1) is 16.5. The van der Waals surface area contributed by atoms with E-state index in [0.29, 0.717) is 4.68 Å². The van der Waals surface area contributed by atoms with Gasteiger partial charge in [0.05, 0.1) is 25.4 Å². The number of methoxy groups -OCH3 is 1. The predicted molar refractivity (Wildman–Crippen MR) is 67.4 cm³/mol. The van der Waals surface area contributed by atoms with Crippen LogP contribution in [0, 0.1) is 0 Å². The number of alkyl halides is 3. The van der Waals surface area contributed by atoms with E-state index in [2.05, 4.69) is 31.1 Å². The van der Waals surface area contributed by atoms with E-state index >= 15 is 0 Å². The molecule has 1 aromatic heterocycles. The number of halogens is 4. The number of hydrogen-bond acceptors (Lipinski definition) is 5. The minimum Gasteiger partial charge on any atom is -0.469 e. The van der Waals surface area contributed by atoms with Crippen LogP contribution < -0.4 is 10.9 Å². The Bertz CT molecular complexity index is 545. The van der Waals surface area contributed by atoms with Crippen molar-refractivity contribution in [1.29, 1.82) is 0 Å². The molecule has 112 valence electrons. The summed E-state index contributed by atoms with van der Waals surface area (Å²) >= 11 is 2.90. The summed E-state index contributed by atoms with van der Waals surface area (Å²) in [7, 11) is 1.23. The highest BCUT2D eigenvalue weighted by Crippen LogP contribution is 2.19. The molecule has 1 N–H and O–H groups in total. The van der Waals surface area contributed by atoms with Crippen LogP contribution in [0.25, 0.3) is 0 Å². The smallest absolute Gasteiger partial charge is 0.408 e. The first-order valence-corrected chi connectivity index (χ1v) is 6.17. The molecule has 0 unspecified atom stereocenters. The molecule has 20 heavy (non-hydrogen) atoms. The van der Waals surface area contributed by atoms with Crippen molar-refractivity contribution < 1.29 is 22.7 Å². The molecule has 0 aromatic carbocycles. The summed E-state index contributed by atoms with van der Waals surface area (Å²) in [6.07, 6.45) is -3.40. The highest BCUT2D eigenvalue weighted by Gasteiger charge is 2.29. The maximum absolute atomic E-state index is 12.2. The number of esters is 1. The SMILES string of the molecule is COC(=O)CCNc1cnn(CC(F)(F)F)c(=O)c1Br. The summed E-state index contributed by atoms with van der Waals surface area (Å²) in [4.78, 5) is 22.5. The largest absolute Gasteiger partial charge is 0.469 e. The van der Waals surface area contributed by atoms with Gasteiger partial charge in [0.25, 0.3) is 5.56 Å². The second-order valence-corrected chi connectivity index (χ2v) is 4.50. The van der Waals surface area contributed by atoms with Crippen LogP contribution in [0.5, 0.6) is 0 Å². The van der Waals surface area contributed by atoms with Gasteiger partial charge in [0.1, 0.15) is 11.0 Å². The Labute approximate surface area is 120 Å². The molecule has 1 rings (SSSR count). The molecule has 0 fully saturated rings. The second kappa shape index (κ2) is 6.73. The lowest BCUT2D eigenvalue weighted by Gasteiger charge is -2.11. The highest BCUT2D eigenvalue weighted by atomic mass is 79.9. The van der Waals surface area contributed by atoms with Crippen LogP contribution >= 0.6 is 15.9 Å². The van der Waals surface area contributed by atoms with Gasteiger partial charge < -0.3 is 10.1 Å². The molecule has 0 aliphatic rings. The lowest BCUT2D eigenvalue weighted by Crippen LogP contribution is -2.31. The zero-order chi connectivity index (χ0) is 15.3. The van der Waals surface area contributed by atoms with Crippen molar-refractivity contribution in [3.05, 3.63) is 21.0 Å². The Kier molecular flexibility index (Phi) is 5.54. The number of aromatic nitrogens is 2. The van der Waals surface area contributed by atoms with Gasteiger partial charge in [-0.3, -0.25) is 9.59 Å². The lowest BCUT2D eigenvalue weighted by atomic mass is 10.4. The van der Waals surface area contributed by atoms with E-state index < -0.39 is 24.2 Å². The summed E-state index contributed by atoms with van der Waals surface area (Å²) in [5.74, 6) is -0.452. The Morgan fingerprint density at radius 3 is 2.75 bits per heavy atom. The molecule has 0 saturated heterocycles. The third-order valence-electron chi connectivity index (χ3n) is 2.19. The first-order chi connectivity index (χ1) is 9.24. The van der Waals surface area contributed by atoms with Gasteiger partial charge in [-0.2, -0.15) is 18.3 Å². The lowest BCUT2D eigenvalue weighted by molar-refractivity contribution is -0.143. The molecule has 1 heterocycles. The molecule has 0 saturated carbocycles. The number of anilines is 1. The van der Waals surface area contributed by atoms with Gasteiger partial charge in [-0.1, -0.05) is 0 Å². The molecule has 0 radical (unpaired) electrons. The third kappa shape index (κ3) is 4.83. The molecule has 0 bridgehead atoms. The molecule has 0 aliphatic heterocycles. The van der Waals surface area contributed by atoms with E-state index in [1.807, 2.05) is 0 Å². The van der Waals surface area contributed by atoms with E-state index in [1.54, 1.807) is 0 Å². The van der Waals surface area contributed by atoms with Crippen LogP contribution in [-0.2, 0) is 16.1 Å². The number of hydrogen-bond donors (Lipinski definition) is 1. The van der Waals surface area contributed by atoms with Crippen molar-refractivity contribution in [2.45, 2.75) is 19.1 Å². The number of nitrogens with zero attached hydrogens (tertiary/aromatic N) is 2. The van der Waals surface area contributed by atoms with Crippen molar-refractivity contribution in [2.24, 2.45) is 0 Å². The fourth-order valence-corrected chi connectivity index (χ4v) is 1.72. The Balaban J connectivity index is 2.79. The quantitative estimate of drug-likeness (QED) is 0.809. The van der Waals surface area contributed by atoms with Crippen LogP contribution in [0.15, 0.2) is 15.5 Å². The molecule has 0 aliphatic carbocycles. The Morgan fingerprint density at radius 1 is 1.55 bits per heavy atom. The summed E-state index contributed by atoms with van der Waals surface area (Å²) in [6, 6.07) is 0. The number of nitrogens with one attached hydrogen (secondary N) is 1. The number of carbonyl (C=O) groups excluding carboxylic acids is 1. The third-order valence-corrected chi connectivity index (χ3v) is 2.95. The topological polar surface area (TPSA) is 73.2 Å². The fourth-order valence-electron chi connectivity index (χ4n) is 1.27. The number of carbonyl (C=O) groups is 1. The number of rotatable bonds is 5. The molecule has 1 aromatic rings. The molecule has 0 atom stereocenters. The van der Waals surface area contributed by atoms with E-state index in [-0.39, 0.29) is 23.1 Å². The van der Waals surface area contributed by atoms with E-state index in [0.717, 1.165) is 6.20 Å². The summed E-state index contributed by atoms with van der Waals surface area (Å²) < 4.78 is 41.2. The zero-order valence-corrected chi connectivity index (χ0v) is 11.9. The average Bonchev–Trinajstić information content (AvgIpc) is 2.36. The summed E-state index contributed by atoms with van der Waals surface area (Å²) in [5.41, 5.74) is -0.706. The van der Waals surface area contributed by atoms with E-state index in [1.165, 1.54) is 7.11 Å². The minimum absolute atomic E-state index is 0.0502. The van der Waals surface area contributed by atoms with Crippen LogP contribution in [-0.4, -0.2) is 35.6 Å². The molecule has 0 spiro atoms. The van der Waals surface area contributed by atoms with Gasteiger partial charge in [0.15, 0.2) is 0 Å². The maximum atomic E-state index is 12.2. The minimum atomic E-state index is -4.53. The van der Waals surface area contributed by atoms with Crippen molar-refractivity contribution >= 4 is 27.6 Å². The van der Waals surface area contributed by atoms with Crippen LogP contribution in [0.3, 0.4) is 0 Å². The second-order valence-electron chi connectivity index (χ2n) is 3.70. The zero-order valence-electron chi connectivity index (χ0n) is 10.3. The van der Waals surface area contributed by atoms with Gasteiger partial charge >= 0.3 is 12.1 Å². The van der Waals surface area contributed by atoms with Crippen molar-refractivity contribution in [1.82, 2.24) is 9.78 Å². The van der Waals surface area contributed by atoms with Gasteiger partial charge in [-0.15, -0.1) is 0 Å². The van der Waals surface area contributed by atoms with Gasteiger partial charge in [0, 0.05) is 6.54 Å². The maximum Gasteiger partial charge on any atom is 0.408 e. The van der Waals surface area contributed by atoms with Crippen molar-refractivity contribution in [2.75, 3.05) is 19.0 Å². The standard InChI is InChI=1S/C10H11BrF3N3O3/c1-20-7(18)2-3-15-6-4-16-17(5-10(12,13)14)9(19)8(6)11/h4,15H,2-3,5H2,1H3. The summed E-state index contributed by atoms with van der Waals surface area (Å²) in [5, 5.41) is 6.12. The van der Waals surface area contributed by atoms with Gasteiger partial charge in [-0.25, -0.2) is 4.68 Å². The van der Waals surface area contributed by atoms with Gasteiger partial charge in [-0.05, 0) is 15.9 Å². The molecular formula is C10H11BrF3N3O3. The number of ether oxygens (including phenoxy) is 1. The first-order valence-electron chi connectivity index (χ1n) is 5.37. The van der Waals surface area contributed by atoms with Gasteiger partial charge in [0.2, 0.25) is 0 Å². The predicted octanol–water partition coefficient (Wildman–Crippen LogP) is 1.54. The normalized spacial score (nSPS) is 11.2. The molecule has 0 amide bonds. The van der Waals surface area contributed by atoms with Crippen LogP contribution in [0.2, 0.25) is 0 Å². The molecule has 6 nitrogen and oxygen atoms in total. The fraction of sp³-hybridized carbons (Fsp3) is 0.500. The van der Waals surface area contributed by atoms with Crippen molar-refractivity contribution in [3.63, 3.8) is 0 Å². The van der Waals surface area contributed by atoms with Crippen molar-refractivity contribution in [3.8, 4) is 0 Å². The molecular weight excluding hydrogens is 347 g/mol. The Morgan fingerprint density at radius 2 is 2.20 bits per heavy atom. The highest BCUT2D eigenvalue weighted by molar-refractivity contribution is 9.10. The average molecular weight is 358 g/mol. The Hall–Kier alpha value is -1.58. The van der Waals surface area contributed by atoms with E-state index in [9.17, 15) is 22.8 Å². The van der Waals surface area contributed by atoms with Crippen LogP contribution in [0.1, 0.15) is 6.42 Å². The summed E-state index contributed by atoms with van der Waals surface area (Å²) in [6.45, 7) is -1.30. The molecule has 10 heteroatoms. The van der Waals surface area contributed by atoms with Crippen LogP contribution in [0.4, 0.5) is 18.9 Å². The van der Waals surface area contributed by atoms with E-state index in [4.69, 9.17) is 0 Å².